The molecule has 0 saturated heterocycles. The molecular formula is C17H23N3. The van der Waals surface area contributed by atoms with Crippen molar-refractivity contribution in [2.45, 2.75) is 39.0 Å². The highest BCUT2D eigenvalue weighted by molar-refractivity contribution is 6.00. The van der Waals surface area contributed by atoms with E-state index < -0.39 is 0 Å². The van der Waals surface area contributed by atoms with Gasteiger partial charge in [-0.25, -0.2) is 0 Å². The van der Waals surface area contributed by atoms with Gasteiger partial charge in [-0.2, -0.15) is 0 Å². The summed E-state index contributed by atoms with van der Waals surface area (Å²) >= 11 is 0. The van der Waals surface area contributed by atoms with E-state index >= 15 is 0 Å². The molecule has 1 fully saturated rings. The number of fused-ring (bicyclic) bond motifs is 1. The topological polar surface area (TPSA) is 50.9 Å². The van der Waals surface area contributed by atoms with E-state index in [9.17, 15) is 0 Å². The number of nitrogens with one attached hydrogen (secondary N) is 1. The number of nitrogens with two attached hydrogens (primary N) is 1. The molecule has 0 aliphatic heterocycles. The molecule has 1 aliphatic carbocycles. The Balaban J connectivity index is 1.82. The van der Waals surface area contributed by atoms with Gasteiger partial charge in [-0.15, -0.1) is 0 Å². The number of nitrogens with zero attached hydrogens (tertiary/aromatic N) is 1. The van der Waals surface area contributed by atoms with E-state index in [0.717, 1.165) is 28.7 Å². The Kier molecular flexibility index (Phi) is 3.51. The molecule has 3 N–H and O–H groups in total. The Morgan fingerprint density at radius 1 is 1.15 bits per heavy atom. The Bertz CT molecular complexity index is 600. The van der Waals surface area contributed by atoms with Crippen LogP contribution in [0, 0.1) is 5.41 Å². The summed E-state index contributed by atoms with van der Waals surface area (Å²) < 4.78 is 0. The second-order valence-corrected chi connectivity index (χ2v) is 6.35. The Hall–Kier alpha value is -1.77. The maximum absolute atomic E-state index is 6.03. The molecule has 0 unspecified atom stereocenters. The van der Waals surface area contributed by atoms with Gasteiger partial charge in [0.1, 0.15) is 0 Å². The molecule has 1 aromatic carbocycles. The molecular weight excluding hydrogens is 246 g/mol. The lowest BCUT2D eigenvalue weighted by Gasteiger charge is -2.34. The fourth-order valence-electron chi connectivity index (χ4n) is 3.26. The highest BCUT2D eigenvalue weighted by Gasteiger charge is 2.26. The third-order valence-corrected chi connectivity index (χ3v) is 4.62. The number of nitrogen functional groups attached to an aromatic ring is 1. The number of rotatable bonds is 3. The van der Waals surface area contributed by atoms with Crippen LogP contribution < -0.4 is 11.1 Å². The zero-order valence-electron chi connectivity index (χ0n) is 12.2. The molecule has 0 amide bonds. The standard InChI is InChI=1S/C17H23N3/c1-17(8-3-2-4-9-17)12-20-16-6-5-15(18)13-7-10-19-11-14(13)16/h5-7,10-11,20H,2-4,8-9,12,18H2,1H3. The smallest absolute Gasteiger partial charge is 0.0437 e. The maximum atomic E-state index is 6.03. The third kappa shape index (κ3) is 2.58. The molecule has 3 heteroatoms. The van der Waals surface area contributed by atoms with E-state index in [1.165, 1.54) is 32.1 Å². The summed E-state index contributed by atoms with van der Waals surface area (Å²) in [6.07, 6.45) is 10.5. The number of hydrogen-bond donors (Lipinski definition) is 2. The lowest BCUT2D eigenvalue weighted by Crippen LogP contribution is -2.28. The summed E-state index contributed by atoms with van der Waals surface area (Å²) in [7, 11) is 0. The van der Waals surface area contributed by atoms with Crippen LogP contribution in [0.5, 0.6) is 0 Å². The first-order valence-corrected chi connectivity index (χ1v) is 7.54. The number of anilines is 2. The summed E-state index contributed by atoms with van der Waals surface area (Å²) in [5, 5.41) is 5.83. The van der Waals surface area contributed by atoms with E-state index in [-0.39, 0.29) is 0 Å². The van der Waals surface area contributed by atoms with E-state index in [1.807, 2.05) is 18.3 Å². The van der Waals surface area contributed by atoms with Crippen molar-refractivity contribution in [3.8, 4) is 0 Å². The van der Waals surface area contributed by atoms with Gasteiger partial charge in [-0.1, -0.05) is 26.2 Å². The van der Waals surface area contributed by atoms with Gasteiger partial charge in [0.05, 0.1) is 0 Å². The summed E-state index contributed by atoms with van der Waals surface area (Å²) in [6, 6.07) is 6.04. The van der Waals surface area contributed by atoms with E-state index in [2.05, 4.69) is 23.3 Å². The lowest BCUT2D eigenvalue weighted by molar-refractivity contribution is 0.233. The molecule has 1 heterocycles. The normalized spacial score (nSPS) is 18.1. The fourth-order valence-corrected chi connectivity index (χ4v) is 3.26. The molecule has 3 rings (SSSR count). The van der Waals surface area contributed by atoms with Gasteiger partial charge in [0, 0.05) is 41.1 Å². The third-order valence-electron chi connectivity index (χ3n) is 4.62. The van der Waals surface area contributed by atoms with Crippen LogP contribution in [-0.4, -0.2) is 11.5 Å². The second-order valence-electron chi connectivity index (χ2n) is 6.35. The first-order chi connectivity index (χ1) is 9.68. The minimum atomic E-state index is 0.425. The maximum Gasteiger partial charge on any atom is 0.0437 e. The van der Waals surface area contributed by atoms with E-state index in [4.69, 9.17) is 5.73 Å². The monoisotopic (exact) mass is 269 g/mol. The first-order valence-electron chi connectivity index (χ1n) is 7.54. The zero-order chi connectivity index (χ0) is 14.0. The van der Waals surface area contributed by atoms with Crippen LogP contribution in [0.15, 0.2) is 30.6 Å². The quantitative estimate of drug-likeness (QED) is 0.821. The van der Waals surface area contributed by atoms with Gasteiger partial charge >= 0.3 is 0 Å². The number of aromatic nitrogens is 1. The summed E-state index contributed by atoms with van der Waals surface area (Å²) in [4.78, 5) is 4.23. The predicted molar refractivity (Wildman–Crippen MR) is 85.8 cm³/mol. The van der Waals surface area contributed by atoms with Crippen molar-refractivity contribution in [3.63, 3.8) is 0 Å². The average molecular weight is 269 g/mol. The van der Waals surface area contributed by atoms with Crippen molar-refractivity contribution in [3.05, 3.63) is 30.6 Å². The van der Waals surface area contributed by atoms with Gasteiger partial charge in [0.25, 0.3) is 0 Å². The molecule has 0 atom stereocenters. The zero-order valence-corrected chi connectivity index (χ0v) is 12.2. The summed E-state index contributed by atoms with van der Waals surface area (Å²) in [6.45, 7) is 3.43. The van der Waals surface area contributed by atoms with Crippen LogP contribution in [0.4, 0.5) is 11.4 Å². The molecule has 1 aromatic heterocycles. The van der Waals surface area contributed by atoms with Crippen molar-refractivity contribution in [2.24, 2.45) is 5.41 Å². The highest BCUT2D eigenvalue weighted by atomic mass is 14.9. The van der Waals surface area contributed by atoms with Gasteiger partial charge in [0.15, 0.2) is 0 Å². The number of pyridine rings is 1. The van der Waals surface area contributed by atoms with Gasteiger partial charge in [0.2, 0.25) is 0 Å². The molecule has 20 heavy (non-hydrogen) atoms. The van der Waals surface area contributed by atoms with Crippen LogP contribution in [0.1, 0.15) is 39.0 Å². The fraction of sp³-hybridized carbons (Fsp3) is 0.471. The predicted octanol–water partition coefficient (Wildman–Crippen LogP) is 4.20. The van der Waals surface area contributed by atoms with E-state index in [0.29, 0.717) is 5.41 Å². The average Bonchev–Trinajstić information content (AvgIpc) is 2.48. The number of benzene rings is 1. The largest absolute Gasteiger partial charge is 0.398 e. The molecule has 0 radical (unpaired) electrons. The molecule has 0 bridgehead atoms. The highest BCUT2D eigenvalue weighted by Crippen LogP contribution is 2.36. The SMILES string of the molecule is CC1(CNc2ccc(N)c3ccncc23)CCCCC1. The van der Waals surface area contributed by atoms with Gasteiger partial charge < -0.3 is 11.1 Å². The van der Waals surface area contributed by atoms with Crippen LogP contribution in [-0.2, 0) is 0 Å². The minimum absolute atomic E-state index is 0.425. The molecule has 0 spiro atoms. The summed E-state index contributed by atoms with van der Waals surface area (Å²) in [5.74, 6) is 0. The van der Waals surface area contributed by atoms with Gasteiger partial charge in [-0.05, 0) is 36.5 Å². The van der Waals surface area contributed by atoms with Gasteiger partial charge in [-0.3, -0.25) is 4.98 Å². The Morgan fingerprint density at radius 2 is 1.95 bits per heavy atom. The molecule has 106 valence electrons. The first kappa shape index (κ1) is 13.2. The molecule has 1 saturated carbocycles. The van der Waals surface area contributed by atoms with Crippen LogP contribution in [0.3, 0.4) is 0 Å². The van der Waals surface area contributed by atoms with Crippen LogP contribution in [0.2, 0.25) is 0 Å². The second kappa shape index (κ2) is 5.31. The lowest BCUT2D eigenvalue weighted by atomic mass is 9.75. The molecule has 3 nitrogen and oxygen atoms in total. The van der Waals surface area contributed by atoms with E-state index in [1.54, 1.807) is 6.20 Å². The van der Waals surface area contributed by atoms with Crippen molar-refractivity contribution >= 4 is 22.1 Å². The molecule has 2 aromatic rings. The minimum Gasteiger partial charge on any atom is -0.398 e. The van der Waals surface area contributed by atoms with Crippen molar-refractivity contribution in [1.29, 1.82) is 0 Å². The van der Waals surface area contributed by atoms with Crippen molar-refractivity contribution < 1.29 is 0 Å². The van der Waals surface area contributed by atoms with Crippen molar-refractivity contribution in [1.82, 2.24) is 4.98 Å². The molecule has 1 aliphatic rings. The number of hydrogen-bond acceptors (Lipinski definition) is 3. The Labute approximate surface area is 120 Å². The van der Waals surface area contributed by atoms with Crippen molar-refractivity contribution in [2.75, 3.05) is 17.6 Å². The Morgan fingerprint density at radius 3 is 2.75 bits per heavy atom. The summed E-state index contributed by atoms with van der Waals surface area (Å²) in [5.41, 5.74) is 8.42. The van der Waals surface area contributed by atoms with Crippen LogP contribution in [0.25, 0.3) is 10.8 Å². The van der Waals surface area contributed by atoms with Crippen LogP contribution >= 0.6 is 0 Å².